The first-order chi connectivity index (χ1) is 5.74. The van der Waals surface area contributed by atoms with Gasteiger partial charge in [0.15, 0.2) is 0 Å². The minimum Gasteiger partial charge on any atom is -0.323 e. The first-order valence-corrected chi connectivity index (χ1v) is 3.99. The van der Waals surface area contributed by atoms with E-state index < -0.39 is 0 Å². The highest BCUT2D eigenvalue weighted by atomic mass is 14.6. The van der Waals surface area contributed by atoms with Gasteiger partial charge in [0, 0.05) is 12.5 Å². The van der Waals surface area contributed by atoms with Crippen LogP contribution >= 0.6 is 0 Å². The Morgan fingerprint density at radius 3 is 2.92 bits per heavy atom. The number of benzene rings is 1. The molecule has 0 saturated carbocycles. The average molecular weight is 159 g/mol. The summed E-state index contributed by atoms with van der Waals surface area (Å²) in [5.41, 5.74) is 8.17. The van der Waals surface area contributed by atoms with Crippen molar-refractivity contribution in [2.24, 2.45) is 5.73 Å². The summed E-state index contributed by atoms with van der Waals surface area (Å²) in [6, 6.07) is 8.11. The van der Waals surface area contributed by atoms with Gasteiger partial charge in [0.2, 0.25) is 0 Å². The van der Waals surface area contributed by atoms with Gasteiger partial charge in [0.1, 0.15) is 0 Å². The third-order valence-corrected chi connectivity index (χ3v) is 1.81. The lowest BCUT2D eigenvalue weighted by Crippen LogP contribution is -2.08. The van der Waals surface area contributed by atoms with Crippen molar-refractivity contribution >= 4 is 0 Å². The molecule has 0 aliphatic heterocycles. The molecule has 1 nitrogen and oxygen atoms in total. The Balaban J connectivity index is 2.82. The Labute approximate surface area is 73.6 Å². The van der Waals surface area contributed by atoms with Crippen molar-refractivity contribution in [3.63, 3.8) is 0 Å². The Hall–Kier alpha value is -1.26. The number of nitrogens with two attached hydrogens (primary N) is 1. The van der Waals surface area contributed by atoms with E-state index in [1.807, 2.05) is 25.1 Å². The zero-order valence-electron chi connectivity index (χ0n) is 7.25. The van der Waals surface area contributed by atoms with Crippen LogP contribution in [0.1, 0.15) is 23.6 Å². The average Bonchev–Trinajstić information content (AvgIpc) is 2.05. The Morgan fingerprint density at radius 2 is 2.33 bits per heavy atom. The molecule has 0 bridgehead atoms. The van der Waals surface area contributed by atoms with Gasteiger partial charge >= 0.3 is 0 Å². The van der Waals surface area contributed by atoms with Crippen molar-refractivity contribution in [1.29, 1.82) is 0 Å². The first-order valence-electron chi connectivity index (χ1n) is 3.99. The van der Waals surface area contributed by atoms with Gasteiger partial charge in [-0.3, -0.25) is 0 Å². The van der Waals surface area contributed by atoms with Crippen molar-refractivity contribution < 1.29 is 0 Å². The molecular formula is C11H13N. The maximum Gasteiger partial charge on any atom is 0.0405 e. The van der Waals surface area contributed by atoms with Crippen molar-refractivity contribution in [3.8, 4) is 12.3 Å². The van der Waals surface area contributed by atoms with Crippen LogP contribution < -0.4 is 5.73 Å². The van der Waals surface area contributed by atoms with Gasteiger partial charge in [-0.25, -0.2) is 0 Å². The number of rotatable bonds is 2. The molecule has 0 spiro atoms. The van der Waals surface area contributed by atoms with Gasteiger partial charge in [-0.15, -0.1) is 12.3 Å². The molecule has 0 aliphatic carbocycles. The standard InChI is InChI=1S/C11H13N/c1-3-5-11(12)10-7-4-6-9(2)8-10/h1,4,6-8,11H,5,12H2,2H3. The van der Waals surface area contributed by atoms with E-state index in [4.69, 9.17) is 12.2 Å². The van der Waals surface area contributed by atoms with Crippen LogP contribution in [0.2, 0.25) is 0 Å². The molecule has 2 N–H and O–H groups in total. The van der Waals surface area contributed by atoms with Crippen LogP contribution in [0, 0.1) is 19.3 Å². The van der Waals surface area contributed by atoms with Crippen LogP contribution in [0.4, 0.5) is 0 Å². The lowest BCUT2D eigenvalue weighted by molar-refractivity contribution is 0.754. The van der Waals surface area contributed by atoms with Gasteiger partial charge in [0.25, 0.3) is 0 Å². The molecule has 1 unspecified atom stereocenters. The normalized spacial score (nSPS) is 12.1. The molecule has 1 rings (SSSR count). The second kappa shape index (κ2) is 3.94. The minimum atomic E-state index is -0.0186. The number of hydrogen-bond donors (Lipinski definition) is 1. The van der Waals surface area contributed by atoms with Gasteiger partial charge in [-0.2, -0.15) is 0 Å². The molecule has 0 fully saturated rings. The van der Waals surface area contributed by atoms with E-state index in [0.717, 1.165) is 5.56 Å². The third kappa shape index (κ3) is 2.11. The molecule has 1 atom stereocenters. The molecule has 0 saturated heterocycles. The SMILES string of the molecule is C#CCC(N)c1cccc(C)c1. The van der Waals surface area contributed by atoms with Gasteiger partial charge in [-0.05, 0) is 12.5 Å². The predicted octanol–water partition coefficient (Wildman–Crippen LogP) is 2.02. The largest absolute Gasteiger partial charge is 0.323 e. The summed E-state index contributed by atoms with van der Waals surface area (Å²) in [6.07, 6.45) is 5.78. The fourth-order valence-corrected chi connectivity index (χ4v) is 1.15. The summed E-state index contributed by atoms with van der Waals surface area (Å²) in [5.74, 6) is 2.56. The van der Waals surface area contributed by atoms with Crippen LogP contribution in [0.5, 0.6) is 0 Å². The zero-order chi connectivity index (χ0) is 8.97. The van der Waals surface area contributed by atoms with E-state index in [2.05, 4.69) is 12.0 Å². The summed E-state index contributed by atoms with van der Waals surface area (Å²) >= 11 is 0. The zero-order valence-corrected chi connectivity index (χ0v) is 7.25. The minimum absolute atomic E-state index is 0.0186. The quantitative estimate of drug-likeness (QED) is 0.656. The number of terminal acetylenes is 1. The molecule has 0 amide bonds. The molecule has 1 heteroatoms. The van der Waals surface area contributed by atoms with Crippen LogP contribution in [0.15, 0.2) is 24.3 Å². The molecule has 0 aliphatic rings. The second-order valence-electron chi connectivity index (χ2n) is 2.93. The highest BCUT2D eigenvalue weighted by Gasteiger charge is 2.02. The smallest absolute Gasteiger partial charge is 0.0405 e. The molecule has 62 valence electrons. The highest BCUT2D eigenvalue weighted by molar-refractivity contribution is 5.25. The van der Waals surface area contributed by atoms with Crippen molar-refractivity contribution in [3.05, 3.63) is 35.4 Å². The van der Waals surface area contributed by atoms with E-state index in [9.17, 15) is 0 Å². The summed E-state index contributed by atoms with van der Waals surface area (Å²) in [5, 5.41) is 0. The molecular weight excluding hydrogens is 146 g/mol. The Bertz CT molecular complexity index is 296. The van der Waals surface area contributed by atoms with E-state index >= 15 is 0 Å². The molecule has 0 radical (unpaired) electrons. The van der Waals surface area contributed by atoms with E-state index in [1.54, 1.807) is 0 Å². The van der Waals surface area contributed by atoms with Gasteiger partial charge in [-0.1, -0.05) is 29.8 Å². The molecule has 1 aromatic rings. The van der Waals surface area contributed by atoms with Crippen LogP contribution in [-0.2, 0) is 0 Å². The number of hydrogen-bond acceptors (Lipinski definition) is 1. The Kier molecular flexibility index (Phi) is 2.90. The third-order valence-electron chi connectivity index (χ3n) is 1.81. The first kappa shape index (κ1) is 8.83. The van der Waals surface area contributed by atoms with E-state index in [1.165, 1.54) is 5.56 Å². The summed E-state index contributed by atoms with van der Waals surface area (Å²) in [4.78, 5) is 0. The van der Waals surface area contributed by atoms with Crippen LogP contribution in [-0.4, -0.2) is 0 Å². The van der Waals surface area contributed by atoms with Gasteiger partial charge < -0.3 is 5.73 Å². The van der Waals surface area contributed by atoms with Crippen molar-refractivity contribution in [1.82, 2.24) is 0 Å². The molecule has 0 heterocycles. The summed E-state index contributed by atoms with van der Waals surface area (Å²) in [7, 11) is 0. The Morgan fingerprint density at radius 1 is 1.58 bits per heavy atom. The molecule has 1 aromatic carbocycles. The summed E-state index contributed by atoms with van der Waals surface area (Å²) < 4.78 is 0. The fourth-order valence-electron chi connectivity index (χ4n) is 1.15. The second-order valence-corrected chi connectivity index (χ2v) is 2.93. The maximum atomic E-state index is 5.83. The van der Waals surface area contributed by atoms with Crippen LogP contribution in [0.3, 0.4) is 0 Å². The monoisotopic (exact) mass is 159 g/mol. The molecule has 12 heavy (non-hydrogen) atoms. The maximum absolute atomic E-state index is 5.83. The van der Waals surface area contributed by atoms with E-state index in [-0.39, 0.29) is 6.04 Å². The lowest BCUT2D eigenvalue weighted by Gasteiger charge is -2.08. The summed E-state index contributed by atoms with van der Waals surface area (Å²) in [6.45, 7) is 2.05. The van der Waals surface area contributed by atoms with Gasteiger partial charge in [0.05, 0.1) is 0 Å². The van der Waals surface area contributed by atoms with Crippen LogP contribution in [0.25, 0.3) is 0 Å². The number of aryl methyl sites for hydroxylation is 1. The fraction of sp³-hybridized carbons (Fsp3) is 0.273. The lowest BCUT2D eigenvalue weighted by atomic mass is 10.0. The van der Waals surface area contributed by atoms with E-state index in [0.29, 0.717) is 6.42 Å². The predicted molar refractivity (Wildman–Crippen MR) is 51.6 cm³/mol. The van der Waals surface area contributed by atoms with Crippen molar-refractivity contribution in [2.45, 2.75) is 19.4 Å². The highest BCUT2D eigenvalue weighted by Crippen LogP contribution is 2.14. The molecule has 0 aromatic heterocycles. The topological polar surface area (TPSA) is 26.0 Å². The van der Waals surface area contributed by atoms with Crippen molar-refractivity contribution in [2.75, 3.05) is 0 Å².